The van der Waals surface area contributed by atoms with Crippen molar-refractivity contribution in [2.75, 3.05) is 33.5 Å². The predicted molar refractivity (Wildman–Crippen MR) is 120 cm³/mol. The Labute approximate surface area is 192 Å². The van der Waals surface area contributed by atoms with Gasteiger partial charge in [-0.3, -0.25) is 10.1 Å². The summed E-state index contributed by atoms with van der Waals surface area (Å²) in [7, 11) is 1.25. The van der Waals surface area contributed by atoms with Gasteiger partial charge < -0.3 is 19.5 Å². The molecular formula is C25H29FN2O5. The number of amides is 1. The molecule has 4 rings (SSSR count). The van der Waals surface area contributed by atoms with Crippen molar-refractivity contribution in [1.29, 1.82) is 0 Å². The second kappa shape index (κ2) is 9.89. The normalized spacial score (nSPS) is 18.2. The predicted octanol–water partition coefficient (Wildman–Crippen LogP) is 2.94. The van der Waals surface area contributed by atoms with Crippen molar-refractivity contribution < 1.29 is 28.2 Å². The van der Waals surface area contributed by atoms with Gasteiger partial charge in [0.1, 0.15) is 23.7 Å². The monoisotopic (exact) mass is 456 g/mol. The molecule has 2 fully saturated rings. The number of methoxy groups -OCH3 is 1. The van der Waals surface area contributed by atoms with Crippen LogP contribution < -0.4 is 15.4 Å². The van der Waals surface area contributed by atoms with Crippen LogP contribution >= 0.6 is 0 Å². The highest BCUT2D eigenvalue weighted by Crippen LogP contribution is 2.47. The molecule has 0 bridgehead atoms. The van der Waals surface area contributed by atoms with E-state index in [1.807, 2.05) is 30.3 Å². The SMILES string of the molecule is COC(=O)c1ccc(C2(NC(=O)C3(NCCOc4ccccc4)CCOCC3)CC2)c(F)c1. The van der Waals surface area contributed by atoms with Gasteiger partial charge in [-0.1, -0.05) is 24.3 Å². The number of halogens is 1. The number of hydrogen-bond donors (Lipinski definition) is 2. The van der Waals surface area contributed by atoms with Crippen molar-refractivity contribution >= 4 is 11.9 Å². The molecule has 176 valence electrons. The molecule has 0 radical (unpaired) electrons. The maximum Gasteiger partial charge on any atom is 0.337 e. The summed E-state index contributed by atoms with van der Waals surface area (Å²) in [5.41, 5.74) is -1.04. The molecule has 1 heterocycles. The van der Waals surface area contributed by atoms with Gasteiger partial charge in [0.15, 0.2) is 0 Å². The van der Waals surface area contributed by atoms with Gasteiger partial charge in [-0.2, -0.15) is 0 Å². The van der Waals surface area contributed by atoms with Crippen LogP contribution in [0.3, 0.4) is 0 Å². The van der Waals surface area contributed by atoms with Gasteiger partial charge in [0.25, 0.3) is 0 Å². The Morgan fingerprint density at radius 1 is 1.06 bits per heavy atom. The van der Waals surface area contributed by atoms with Crippen LogP contribution in [0.15, 0.2) is 48.5 Å². The summed E-state index contributed by atoms with van der Waals surface area (Å²) < 4.78 is 30.8. The third-order valence-electron chi connectivity index (χ3n) is 6.37. The van der Waals surface area contributed by atoms with E-state index in [0.29, 0.717) is 57.6 Å². The number of carbonyl (C=O) groups is 2. The summed E-state index contributed by atoms with van der Waals surface area (Å²) in [6, 6.07) is 13.8. The summed E-state index contributed by atoms with van der Waals surface area (Å²) in [6.45, 7) is 1.83. The van der Waals surface area contributed by atoms with Gasteiger partial charge in [0.05, 0.1) is 18.2 Å². The maximum absolute atomic E-state index is 14.9. The summed E-state index contributed by atoms with van der Waals surface area (Å²) in [4.78, 5) is 25.2. The standard InChI is InChI=1S/C25H29FN2O5/c1-31-22(29)18-7-8-20(21(26)17-18)24(9-10-24)28-23(30)25(11-14-32-15-12-25)27-13-16-33-19-5-3-2-4-6-19/h2-8,17,27H,9-16H2,1H3,(H,28,30). The minimum atomic E-state index is -0.809. The van der Waals surface area contributed by atoms with Gasteiger partial charge in [0, 0.05) is 25.3 Å². The fraction of sp³-hybridized carbons (Fsp3) is 0.440. The highest BCUT2D eigenvalue weighted by Gasteiger charge is 2.51. The van der Waals surface area contributed by atoms with Crippen molar-refractivity contribution in [1.82, 2.24) is 10.6 Å². The average molecular weight is 457 g/mol. The average Bonchev–Trinajstić information content (AvgIpc) is 3.62. The Kier molecular flexibility index (Phi) is 6.95. The van der Waals surface area contributed by atoms with E-state index < -0.39 is 22.9 Å². The van der Waals surface area contributed by atoms with Crippen molar-refractivity contribution in [3.8, 4) is 5.75 Å². The number of para-hydroxylation sites is 1. The quantitative estimate of drug-likeness (QED) is 0.446. The molecule has 0 unspecified atom stereocenters. The van der Waals surface area contributed by atoms with Gasteiger partial charge in [-0.25, -0.2) is 9.18 Å². The Morgan fingerprint density at radius 2 is 1.79 bits per heavy atom. The number of ether oxygens (including phenoxy) is 3. The Balaban J connectivity index is 1.43. The van der Waals surface area contributed by atoms with E-state index in [1.165, 1.54) is 13.2 Å². The first-order valence-electron chi connectivity index (χ1n) is 11.2. The van der Waals surface area contributed by atoms with Crippen molar-refractivity contribution in [2.24, 2.45) is 0 Å². The number of esters is 1. The molecule has 7 nitrogen and oxygen atoms in total. The number of nitrogens with one attached hydrogen (secondary N) is 2. The molecule has 1 aliphatic carbocycles. The second-order valence-electron chi connectivity index (χ2n) is 8.51. The second-order valence-corrected chi connectivity index (χ2v) is 8.51. The largest absolute Gasteiger partial charge is 0.492 e. The lowest BCUT2D eigenvalue weighted by molar-refractivity contribution is -0.133. The molecule has 2 N–H and O–H groups in total. The molecule has 2 aromatic carbocycles. The first kappa shape index (κ1) is 23.2. The number of benzene rings is 2. The molecule has 1 saturated carbocycles. The third-order valence-corrected chi connectivity index (χ3v) is 6.37. The smallest absolute Gasteiger partial charge is 0.337 e. The Hall–Kier alpha value is -2.97. The zero-order valence-electron chi connectivity index (χ0n) is 18.7. The lowest BCUT2D eigenvalue weighted by Crippen LogP contribution is -2.61. The van der Waals surface area contributed by atoms with Crippen LogP contribution in [0.1, 0.15) is 41.6 Å². The van der Waals surface area contributed by atoms with Crippen LogP contribution in [0.25, 0.3) is 0 Å². The van der Waals surface area contributed by atoms with Crippen molar-refractivity contribution in [3.05, 3.63) is 65.5 Å². The molecule has 1 amide bonds. The molecule has 2 aromatic rings. The lowest BCUT2D eigenvalue weighted by Gasteiger charge is -2.38. The van der Waals surface area contributed by atoms with Crippen LogP contribution in [0.4, 0.5) is 4.39 Å². The molecule has 0 aromatic heterocycles. The summed E-state index contributed by atoms with van der Waals surface area (Å²) >= 11 is 0. The van der Waals surface area contributed by atoms with Crippen LogP contribution in [0, 0.1) is 5.82 Å². The highest BCUT2D eigenvalue weighted by molar-refractivity contribution is 5.90. The molecule has 33 heavy (non-hydrogen) atoms. The Morgan fingerprint density at radius 3 is 2.42 bits per heavy atom. The van der Waals surface area contributed by atoms with E-state index in [-0.39, 0.29) is 11.5 Å². The van der Waals surface area contributed by atoms with E-state index in [0.717, 1.165) is 11.8 Å². The highest BCUT2D eigenvalue weighted by atomic mass is 19.1. The Bertz CT molecular complexity index is 988. The molecule has 2 aliphatic rings. The van der Waals surface area contributed by atoms with Gasteiger partial charge >= 0.3 is 5.97 Å². The lowest BCUT2D eigenvalue weighted by atomic mass is 9.88. The van der Waals surface area contributed by atoms with E-state index in [2.05, 4.69) is 15.4 Å². The van der Waals surface area contributed by atoms with E-state index in [1.54, 1.807) is 6.07 Å². The molecule has 8 heteroatoms. The minimum absolute atomic E-state index is 0.141. The zero-order valence-corrected chi connectivity index (χ0v) is 18.7. The van der Waals surface area contributed by atoms with Gasteiger partial charge in [-0.05, 0) is 49.9 Å². The van der Waals surface area contributed by atoms with E-state index in [9.17, 15) is 14.0 Å². The van der Waals surface area contributed by atoms with E-state index >= 15 is 0 Å². The van der Waals surface area contributed by atoms with Gasteiger partial charge in [-0.15, -0.1) is 0 Å². The summed E-state index contributed by atoms with van der Waals surface area (Å²) in [5.74, 6) is -0.523. The van der Waals surface area contributed by atoms with Crippen LogP contribution in [-0.4, -0.2) is 50.9 Å². The number of carbonyl (C=O) groups excluding carboxylic acids is 2. The third kappa shape index (κ3) is 5.17. The fourth-order valence-electron chi connectivity index (χ4n) is 4.25. The number of rotatable bonds is 9. The van der Waals surface area contributed by atoms with Crippen LogP contribution in [0.5, 0.6) is 5.75 Å². The minimum Gasteiger partial charge on any atom is -0.492 e. The summed E-state index contributed by atoms with van der Waals surface area (Å²) in [6.07, 6.45) is 2.31. The van der Waals surface area contributed by atoms with Gasteiger partial charge in [0.2, 0.25) is 5.91 Å². The zero-order chi connectivity index (χ0) is 23.3. The first-order valence-corrected chi connectivity index (χ1v) is 11.2. The van der Waals surface area contributed by atoms with Crippen molar-refractivity contribution in [3.63, 3.8) is 0 Å². The number of hydrogen-bond acceptors (Lipinski definition) is 6. The molecule has 1 aliphatic heterocycles. The molecule has 0 spiro atoms. The topological polar surface area (TPSA) is 85.9 Å². The van der Waals surface area contributed by atoms with Crippen LogP contribution in [-0.2, 0) is 19.8 Å². The maximum atomic E-state index is 14.9. The van der Waals surface area contributed by atoms with Crippen molar-refractivity contribution in [2.45, 2.75) is 36.8 Å². The van der Waals surface area contributed by atoms with Crippen LogP contribution in [0.2, 0.25) is 0 Å². The molecule has 1 saturated heterocycles. The summed E-state index contributed by atoms with van der Waals surface area (Å²) in [5, 5.41) is 6.48. The molecular weight excluding hydrogens is 427 g/mol. The molecule has 0 atom stereocenters. The first-order chi connectivity index (χ1) is 16.0. The van der Waals surface area contributed by atoms with E-state index in [4.69, 9.17) is 9.47 Å². The fourth-order valence-corrected chi connectivity index (χ4v) is 4.25.